The van der Waals surface area contributed by atoms with Crippen molar-refractivity contribution >= 4 is 5.97 Å². The largest absolute Gasteiger partial charge is 0.426 e. The van der Waals surface area contributed by atoms with Crippen molar-refractivity contribution in [1.29, 1.82) is 5.26 Å². The number of esters is 1. The van der Waals surface area contributed by atoms with Crippen LogP contribution in [-0.4, -0.2) is 5.97 Å². The predicted octanol–water partition coefficient (Wildman–Crippen LogP) is 4.85. The van der Waals surface area contributed by atoms with E-state index in [0.29, 0.717) is 5.75 Å². The summed E-state index contributed by atoms with van der Waals surface area (Å²) in [5.41, 5.74) is 0.740. The van der Waals surface area contributed by atoms with E-state index >= 15 is 0 Å². The SMILES string of the molecule is CCCCCC1CCC(C(=O)Oc2ccc(C#CC#N)cc2)CC1. The third-order valence-corrected chi connectivity index (χ3v) is 4.73. The summed E-state index contributed by atoms with van der Waals surface area (Å²) in [4.78, 5) is 12.3. The van der Waals surface area contributed by atoms with E-state index in [0.717, 1.165) is 37.2 Å². The van der Waals surface area contributed by atoms with Crippen molar-refractivity contribution in [2.45, 2.75) is 58.3 Å². The number of carbonyl (C=O) groups excluding carboxylic acids is 1. The fourth-order valence-corrected chi connectivity index (χ4v) is 3.28. The van der Waals surface area contributed by atoms with Crippen LogP contribution in [-0.2, 0) is 4.79 Å². The Morgan fingerprint density at radius 2 is 1.88 bits per heavy atom. The number of benzene rings is 1. The molecule has 0 bridgehead atoms. The molecule has 1 aromatic rings. The Hall–Kier alpha value is -2.26. The molecule has 0 heterocycles. The summed E-state index contributed by atoms with van der Waals surface area (Å²) < 4.78 is 5.49. The average molecular weight is 323 g/mol. The summed E-state index contributed by atoms with van der Waals surface area (Å²) >= 11 is 0. The lowest BCUT2D eigenvalue weighted by Gasteiger charge is -2.27. The van der Waals surface area contributed by atoms with Crippen molar-refractivity contribution in [2.75, 3.05) is 0 Å². The fourth-order valence-electron chi connectivity index (χ4n) is 3.28. The van der Waals surface area contributed by atoms with Gasteiger partial charge < -0.3 is 4.74 Å². The topological polar surface area (TPSA) is 50.1 Å². The quantitative estimate of drug-likeness (QED) is 0.325. The zero-order valence-electron chi connectivity index (χ0n) is 14.4. The number of nitrogens with zero attached hydrogens (tertiary/aromatic N) is 1. The number of unbranched alkanes of at least 4 members (excludes halogenated alkanes) is 2. The van der Waals surface area contributed by atoms with E-state index in [4.69, 9.17) is 10.00 Å². The molecular formula is C21H25NO2. The van der Waals surface area contributed by atoms with Gasteiger partial charge in [-0.05, 0) is 55.9 Å². The fraction of sp³-hybridized carbons (Fsp3) is 0.524. The van der Waals surface area contributed by atoms with Crippen molar-refractivity contribution in [1.82, 2.24) is 0 Å². The molecule has 126 valence electrons. The van der Waals surface area contributed by atoms with Gasteiger partial charge in [0.2, 0.25) is 0 Å². The summed E-state index contributed by atoms with van der Waals surface area (Å²) in [5, 5.41) is 8.43. The number of nitriles is 1. The molecule has 3 heteroatoms. The maximum absolute atomic E-state index is 12.3. The smallest absolute Gasteiger partial charge is 0.314 e. The first-order chi connectivity index (χ1) is 11.7. The van der Waals surface area contributed by atoms with Crippen LogP contribution in [0.2, 0.25) is 0 Å². The first-order valence-corrected chi connectivity index (χ1v) is 8.94. The van der Waals surface area contributed by atoms with Gasteiger partial charge >= 0.3 is 5.97 Å². The number of rotatable bonds is 6. The minimum atomic E-state index is -0.113. The van der Waals surface area contributed by atoms with Gasteiger partial charge in [0, 0.05) is 11.5 Å². The number of ether oxygens (including phenoxy) is 1. The minimum absolute atomic E-state index is 0.0329. The van der Waals surface area contributed by atoms with E-state index in [2.05, 4.69) is 18.8 Å². The van der Waals surface area contributed by atoms with Crippen LogP contribution in [0.5, 0.6) is 5.75 Å². The van der Waals surface area contributed by atoms with Crippen molar-refractivity contribution in [3.05, 3.63) is 29.8 Å². The summed E-state index contributed by atoms with van der Waals surface area (Å²) in [7, 11) is 0. The first-order valence-electron chi connectivity index (χ1n) is 8.94. The zero-order valence-corrected chi connectivity index (χ0v) is 14.4. The molecule has 0 spiro atoms. The number of hydrogen-bond donors (Lipinski definition) is 0. The van der Waals surface area contributed by atoms with Crippen molar-refractivity contribution in [3.63, 3.8) is 0 Å². The highest BCUT2D eigenvalue weighted by Gasteiger charge is 2.27. The molecule has 1 aliphatic rings. The second kappa shape index (κ2) is 9.78. The van der Waals surface area contributed by atoms with E-state index in [-0.39, 0.29) is 11.9 Å². The molecule has 0 atom stereocenters. The zero-order chi connectivity index (χ0) is 17.2. The molecule has 1 saturated carbocycles. The van der Waals surface area contributed by atoms with Crippen LogP contribution in [0.1, 0.15) is 63.9 Å². The molecule has 2 rings (SSSR count). The molecule has 24 heavy (non-hydrogen) atoms. The Kier molecular flexibility index (Phi) is 7.37. The first kappa shape index (κ1) is 18.1. The molecule has 1 fully saturated rings. The second-order valence-electron chi connectivity index (χ2n) is 6.52. The maximum atomic E-state index is 12.3. The normalized spacial score (nSPS) is 19.7. The van der Waals surface area contributed by atoms with Gasteiger partial charge in [0.25, 0.3) is 0 Å². The van der Waals surface area contributed by atoms with E-state index in [1.165, 1.54) is 25.7 Å². The molecule has 1 aromatic carbocycles. The van der Waals surface area contributed by atoms with E-state index in [1.807, 2.05) is 0 Å². The standard InChI is InChI=1S/C21H25NO2/c1-2-3-4-6-17-8-12-19(13-9-17)21(23)24-20-14-10-18(11-15-20)7-5-16-22/h10-11,14-15,17,19H,2-4,6,8-9,12-13H2,1H3. The molecular weight excluding hydrogens is 298 g/mol. The third kappa shape index (κ3) is 5.74. The Bertz CT molecular complexity index is 623. The van der Waals surface area contributed by atoms with Crippen molar-refractivity contribution in [2.24, 2.45) is 11.8 Å². The summed E-state index contributed by atoms with van der Waals surface area (Å²) in [6, 6.07) is 8.77. The summed E-state index contributed by atoms with van der Waals surface area (Å²) in [6.07, 6.45) is 9.39. The molecule has 3 nitrogen and oxygen atoms in total. The van der Waals surface area contributed by atoms with Gasteiger partial charge in [-0.2, -0.15) is 5.26 Å². The molecule has 0 N–H and O–H groups in total. The van der Waals surface area contributed by atoms with Gasteiger partial charge in [-0.15, -0.1) is 0 Å². The molecule has 1 aliphatic carbocycles. The van der Waals surface area contributed by atoms with Crippen LogP contribution in [0.3, 0.4) is 0 Å². The lowest BCUT2D eigenvalue weighted by molar-refractivity contribution is -0.140. The van der Waals surface area contributed by atoms with Crippen LogP contribution >= 0.6 is 0 Å². The lowest BCUT2D eigenvalue weighted by atomic mass is 9.80. The Labute approximate surface area is 145 Å². The van der Waals surface area contributed by atoms with E-state index in [9.17, 15) is 4.79 Å². The van der Waals surface area contributed by atoms with Crippen molar-refractivity contribution < 1.29 is 9.53 Å². The highest BCUT2D eigenvalue weighted by atomic mass is 16.5. The lowest BCUT2D eigenvalue weighted by Crippen LogP contribution is -2.25. The summed E-state index contributed by atoms with van der Waals surface area (Å²) in [5.74, 6) is 6.32. The molecule has 0 amide bonds. The monoisotopic (exact) mass is 323 g/mol. The van der Waals surface area contributed by atoms with Crippen LogP contribution in [0.15, 0.2) is 24.3 Å². The molecule has 0 aliphatic heterocycles. The van der Waals surface area contributed by atoms with Gasteiger partial charge in [-0.1, -0.05) is 38.5 Å². The van der Waals surface area contributed by atoms with E-state index < -0.39 is 0 Å². The minimum Gasteiger partial charge on any atom is -0.426 e. The van der Waals surface area contributed by atoms with Gasteiger partial charge in [-0.25, -0.2) is 0 Å². The van der Waals surface area contributed by atoms with E-state index in [1.54, 1.807) is 30.3 Å². The highest BCUT2D eigenvalue weighted by Crippen LogP contribution is 2.33. The van der Waals surface area contributed by atoms with Gasteiger partial charge in [0.15, 0.2) is 6.07 Å². The number of carbonyl (C=O) groups is 1. The van der Waals surface area contributed by atoms with Gasteiger partial charge in [-0.3, -0.25) is 4.79 Å². The van der Waals surface area contributed by atoms with Crippen LogP contribution in [0.4, 0.5) is 0 Å². The number of hydrogen-bond acceptors (Lipinski definition) is 3. The van der Waals surface area contributed by atoms with Crippen LogP contribution < -0.4 is 4.74 Å². The second-order valence-corrected chi connectivity index (χ2v) is 6.52. The molecule has 0 unspecified atom stereocenters. The Morgan fingerprint density at radius 3 is 2.50 bits per heavy atom. The Balaban J connectivity index is 1.78. The highest BCUT2D eigenvalue weighted by molar-refractivity contribution is 5.75. The average Bonchev–Trinajstić information content (AvgIpc) is 2.62. The maximum Gasteiger partial charge on any atom is 0.314 e. The van der Waals surface area contributed by atoms with Crippen molar-refractivity contribution in [3.8, 4) is 23.7 Å². The molecule has 0 aromatic heterocycles. The Morgan fingerprint density at radius 1 is 1.17 bits per heavy atom. The predicted molar refractivity (Wildman–Crippen MR) is 94.2 cm³/mol. The van der Waals surface area contributed by atoms with Gasteiger partial charge in [0.1, 0.15) is 5.75 Å². The summed E-state index contributed by atoms with van der Waals surface area (Å²) in [6.45, 7) is 2.23. The molecule has 0 saturated heterocycles. The van der Waals surface area contributed by atoms with Crippen LogP contribution in [0, 0.1) is 35.0 Å². The third-order valence-electron chi connectivity index (χ3n) is 4.73. The van der Waals surface area contributed by atoms with Crippen LogP contribution in [0.25, 0.3) is 0 Å². The molecule has 0 radical (unpaired) electrons. The van der Waals surface area contributed by atoms with Gasteiger partial charge in [0.05, 0.1) is 5.92 Å².